The summed E-state index contributed by atoms with van der Waals surface area (Å²) < 4.78 is 0. The highest BCUT2D eigenvalue weighted by Gasteiger charge is 2.47. The van der Waals surface area contributed by atoms with E-state index in [0.29, 0.717) is 6.42 Å². The van der Waals surface area contributed by atoms with E-state index in [2.05, 4.69) is 143 Å². The predicted molar refractivity (Wildman–Crippen MR) is 149 cm³/mol. The molecule has 1 nitrogen and oxygen atoms in total. The third-order valence-electron chi connectivity index (χ3n) is 6.29. The van der Waals surface area contributed by atoms with Crippen LogP contribution in [0.3, 0.4) is 0 Å². The first-order valence-corrected chi connectivity index (χ1v) is 17.5. The number of aliphatic hydroxyl groups excluding tert-OH is 1. The molecule has 0 fully saturated rings. The summed E-state index contributed by atoms with van der Waals surface area (Å²) in [5.41, 5.74) is 3.55. The minimum atomic E-state index is -2.61. The van der Waals surface area contributed by atoms with Gasteiger partial charge in [-0.15, -0.1) is 11.5 Å². The molecular formula is C30H38OSi2. The van der Waals surface area contributed by atoms with Gasteiger partial charge in [0.15, 0.2) is 8.07 Å². The minimum absolute atomic E-state index is 0.0469. The topological polar surface area (TPSA) is 20.2 Å². The van der Waals surface area contributed by atoms with Crippen LogP contribution in [0.25, 0.3) is 0 Å². The molecule has 1 N–H and O–H groups in total. The zero-order chi connectivity index (χ0) is 24.1. The Morgan fingerprint density at radius 3 is 1.36 bits per heavy atom. The predicted octanol–water partition coefficient (Wildman–Crippen LogP) is 5.20. The van der Waals surface area contributed by atoms with Crippen LogP contribution in [-0.2, 0) is 0 Å². The van der Waals surface area contributed by atoms with Crippen LogP contribution in [0.4, 0.5) is 0 Å². The van der Waals surface area contributed by atoms with Gasteiger partial charge in [0.25, 0.3) is 0 Å². The van der Waals surface area contributed by atoms with Crippen molar-refractivity contribution in [2.45, 2.75) is 58.5 Å². The molecule has 0 bridgehead atoms. The molecule has 0 radical (unpaired) electrons. The van der Waals surface area contributed by atoms with E-state index in [4.69, 9.17) is 0 Å². The van der Waals surface area contributed by atoms with Crippen molar-refractivity contribution in [1.29, 1.82) is 0 Å². The molecule has 0 aliphatic rings. The van der Waals surface area contributed by atoms with E-state index in [9.17, 15) is 5.11 Å². The second-order valence-electron chi connectivity index (χ2n) is 11.1. The van der Waals surface area contributed by atoms with Crippen molar-refractivity contribution in [3.63, 3.8) is 0 Å². The fraction of sp³-hybridized carbons (Fsp3) is 0.333. The minimum Gasteiger partial charge on any atom is -0.393 e. The van der Waals surface area contributed by atoms with Gasteiger partial charge in [-0.25, -0.2) is 0 Å². The van der Waals surface area contributed by atoms with E-state index in [1.165, 1.54) is 15.6 Å². The van der Waals surface area contributed by atoms with Crippen LogP contribution in [0.1, 0.15) is 27.2 Å². The van der Waals surface area contributed by atoms with Crippen molar-refractivity contribution in [3.05, 3.63) is 91.0 Å². The second kappa shape index (κ2) is 10.3. The van der Waals surface area contributed by atoms with Gasteiger partial charge in [-0.2, -0.15) is 0 Å². The van der Waals surface area contributed by atoms with Crippen molar-refractivity contribution in [3.8, 4) is 11.5 Å². The molecule has 3 aromatic rings. The van der Waals surface area contributed by atoms with Gasteiger partial charge in [-0.05, 0) is 27.4 Å². The summed E-state index contributed by atoms with van der Waals surface area (Å²) in [6, 6.07) is 32.8. The monoisotopic (exact) mass is 470 g/mol. The Kier molecular flexibility index (Phi) is 7.85. The average molecular weight is 471 g/mol. The van der Waals surface area contributed by atoms with Crippen LogP contribution >= 0.6 is 0 Å². The highest BCUT2D eigenvalue weighted by molar-refractivity contribution is 7.12. The summed E-state index contributed by atoms with van der Waals surface area (Å²) in [4.78, 5) is 0. The van der Waals surface area contributed by atoms with Crippen LogP contribution in [0, 0.1) is 16.9 Å². The average Bonchev–Trinajstić information content (AvgIpc) is 2.79. The van der Waals surface area contributed by atoms with E-state index in [1.54, 1.807) is 0 Å². The van der Waals surface area contributed by atoms with Gasteiger partial charge in [0, 0.05) is 5.54 Å². The first-order valence-electron chi connectivity index (χ1n) is 11.9. The Hall–Kier alpha value is -2.39. The molecule has 0 spiro atoms. The molecule has 0 heterocycles. The lowest BCUT2D eigenvalue weighted by molar-refractivity contribution is 0.0568. The van der Waals surface area contributed by atoms with Crippen molar-refractivity contribution in [2.75, 3.05) is 0 Å². The van der Waals surface area contributed by atoms with Crippen molar-refractivity contribution in [1.82, 2.24) is 0 Å². The molecule has 0 aliphatic heterocycles. The van der Waals surface area contributed by atoms with Crippen LogP contribution in [0.5, 0.6) is 0 Å². The molecule has 0 amide bonds. The molecule has 3 aromatic carbocycles. The van der Waals surface area contributed by atoms with Crippen LogP contribution in [0.2, 0.25) is 25.2 Å². The van der Waals surface area contributed by atoms with Gasteiger partial charge < -0.3 is 5.11 Å². The summed E-state index contributed by atoms with van der Waals surface area (Å²) in [5.74, 6) is 3.81. The van der Waals surface area contributed by atoms with Gasteiger partial charge >= 0.3 is 0 Å². The largest absolute Gasteiger partial charge is 0.393 e. The van der Waals surface area contributed by atoms with E-state index < -0.39 is 22.3 Å². The Balaban J connectivity index is 2.40. The van der Waals surface area contributed by atoms with Gasteiger partial charge in [0.2, 0.25) is 0 Å². The molecule has 0 aromatic heterocycles. The molecule has 33 heavy (non-hydrogen) atoms. The quantitative estimate of drug-likeness (QED) is 0.298. The third-order valence-corrected chi connectivity index (χ3v) is 12.3. The van der Waals surface area contributed by atoms with Gasteiger partial charge in [-0.3, -0.25) is 0 Å². The molecule has 0 saturated carbocycles. The van der Waals surface area contributed by atoms with Crippen LogP contribution < -0.4 is 15.6 Å². The number of benzene rings is 3. The smallest absolute Gasteiger partial charge is 0.163 e. The molecule has 172 valence electrons. The first kappa shape index (κ1) is 25.2. The normalized spacial score (nSPS) is 14.2. The molecule has 3 rings (SSSR count). The zero-order valence-electron chi connectivity index (χ0n) is 21.0. The highest BCUT2D eigenvalue weighted by Crippen LogP contribution is 2.33. The summed E-state index contributed by atoms with van der Waals surface area (Å²) in [6.07, 6.45) is 0.216. The lowest BCUT2D eigenvalue weighted by atomic mass is 9.86. The molecule has 0 saturated heterocycles. The van der Waals surface area contributed by atoms with Crippen LogP contribution in [0.15, 0.2) is 91.0 Å². The summed E-state index contributed by atoms with van der Waals surface area (Å²) in [7, 11) is -4.23. The summed E-state index contributed by atoms with van der Waals surface area (Å²) in [6.45, 7) is 13.3. The Morgan fingerprint density at radius 2 is 1.06 bits per heavy atom. The van der Waals surface area contributed by atoms with E-state index >= 15 is 0 Å². The molecular weight excluding hydrogens is 433 g/mol. The van der Waals surface area contributed by atoms with Gasteiger partial charge in [0.1, 0.15) is 8.07 Å². The molecule has 0 unspecified atom stereocenters. The summed E-state index contributed by atoms with van der Waals surface area (Å²) >= 11 is 0. The lowest BCUT2D eigenvalue weighted by Crippen LogP contribution is -2.70. The van der Waals surface area contributed by atoms with E-state index in [0.717, 1.165) is 0 Å². The van der Waals surface area contributed by atoms with E-state index in [1.807, 2.05) is 0 Å². The van der Waals surface area contributed by atoms with Crippen molar-refractivity contribution >= 4 is 31.7 Å². The van der Waals surface area contributed by atoms with Crippen LogP contribution in [-0.4, -0.2) is 27.4 Å². The second-order valence-corrected chi connectivity index (χ2v) is 19.9. The Morgan fingerprint density at radius 1 is 0.697 bits per heavy atom. The fourth-order valence-corrected chi connectivity index (χ4v) is 10.4. The van der Waals surface area contributed by atoms with E-state index in [-0.39, 0.29) is 11.0 Å². The number of hydrogen-bond donors (Lipinski definition) is 1. The number of rotatable bonds is 6. The van der Waals surface area contributed by atoms with Gasteiger partial charge in [0.05, 0.1) is 6.10 Å². The third kappa shape index (κ3) is 5.95. The van der Waals surface area contributed by atoms with Gasteiger partial charge in [-0.1, -0.05) is 131 Å². The first-order chi connectivity index (χ1) is 15.5. The van der Waals surface area contributed by atoms with Crippen molar-refractivity contribution < 1.29 is 5.11 Å². The highest BCUT2D eigenvalue weighted by atomic mass is 28.3. The fourth-order valence-electron chi connectivity index (χ4n) is 4.43. The maximum Gasteiger partial charge on any atom is 0.163 e. The number of hydrogen-bond acceptors (Lipinski definition) is 1. The standard InChI is InChI=1S/C30H38OSi2/c1-30(2,3)29(31)24-28(22-23-32(4,5)6)33(25-16-10-7-11-17-25,26-18-12-8-13-19-26)27-20-14-9-15-21-27/h7-21,28-29,31H,24H2,1-6H3/t28-,29-/m0/s1. The molecule has 0 aliphatic carbocycles. The Bertz CT molecular complexity index is 972. The Labute approximate surface area is 202 Å². The maximum atomic E-state index is 11.4. The summed E-state index contributed by atoms with van der Waals surface area (Å²) in [5, 5.41) is 15.4. The lowest BCUT2D eigenvalue weighted by Gasteiger charge is -2.41. The molecule has 2 atom stereocenters. The molecule has 3 heteroatoms. The maximum absolute atomic E-state index is 11.4. The van der Waals surface area contributed by atoms with Crippen molar-refractivity contribution in [2.24, 2.45) is 5.41 Å². The zero-order valence-corrected chi connectivity index (χ0v) is 23.0. The number of aliphatic hydroxyl groups is 1. The SMILES string of the molecule is CC(C)(C)[C@@H](O)C[C@H](C#C[Si](C)(C)C)[Si](c1ccccc1)(c1ccccc1)c1ccccc1.